The van der Waals surface area contributed by atoms with Crippen LogP contribution in [0.25, 0.3) is 0 Å². The Morgan fingerprint density at radius 3 is 2.00 bits per heavy atom. The Morgan fingerprint density at radius 1 is 0.972 bits per heavy atom. The average Bonchev–Trinajstić information content (AvgIpc) is 2.79. The lowest BCUT2D eigenvalue weighted by Gasteiger charge is -2.39. The molecular weight excluding hydrogens is 474 g/mol. The largest absolute Gasteiger partial charge is 0.541 e. The fourth-order valence-electron chi connectivity index (χ4n) is 3.84. The number of esters is 1. The summed E-state index contributed by atoms with van der Waals surface area (Å²) in [6.45, 7) is 16.0. The first kappa shape index (κ1) is 29.7. The van der Waals surface area contributed by atoms with E-state index in [1.54, 1.807) is 34.1 Å². The van der Waals surface area contributed by atoms with Crippen LogP contribution < -0.4 is 19.2 Å². The summed E-state index contributed by atoms with van der Waals surface area (Å²) in [5.74, 6) is 1.02. The average molecular weight is 518 g/mol. The molecule has 0 aromatic heterocycles. The molecule has 0 aliphatic carbocycles. The summed E-state index contributed by atoms with van der Waals surface area (Å²) in [4.78, 5) is 13.3. The van der Waals surface area contributed by atoms with Crippen molar-refractivity contribution in [2.75, 3.05) is 21.3 Å². The quantitative estimate of drug-likeness (QED) is 0.308. The molecule has 0 aliphatic rings. The van der Waals surface area contributed by atoms with Crippen molar-refractivity contribution in [3.8, 4) is 17.2 Å². The van der Waals surface area contributed by atoms with E-state index in [0.29, 0.717) is 22.8 Å². The first-order chi connectivity index (χ1) is 16.6. The molecule has 2 atom stereocenters. The normalized spacial score (nSPS) is 14.1. The highest BCUT2D eigenvalue weighted by atomic mass is 28.4. The van der Waals surface area contributed by atoms with Crippen LogP contribution in [0.3, 0.4) is 0 Å². The fourth-order valence-corrected chi connectivity index (χ4v) is 4.86. The monoisotopic (exact) mass is 517 g/mol. The van der Waals surface area contributed by atoms with Gasteiger partial charge in [-0.3, -0.25) is 5.32 Å². The van der Waals surface area contributed by atoms with Gasteiger partial charge in [-0.05, 0) is 50.5 Å². The summed E-state index contributed by atoms with van der Waals surface area (Å²) >= 11 is 0. The molecule has 36 heavy (non-hydrogen) atoms. The van der Waals surface area contributed by atoms with E-state index in [0.717, 1.165) is 11.1 Å². The van der Waals surface area contributed by atoms with Gasteiger partial charge in [0.2, 0.25) is 0 Å². The Morgan fingerprint density at radius 2 is 1.56 bits per heavy atom. The van der Waals surface area contributed by atoms with Crippen molar-refractivity contribution in [3.63, 3.8) is 0 Å². The maximum atomic E-state index is 13.3. The van der Waals surface area contributed by atoms with Crippen LogP contribution in [0.4, 0.5) is 0 Å². The minimum absolute atomic E-state index is 0.100. The predicted octanol–water partition coefficient (Wildman–Crippen LogP) is 5.71. The third-order valence-corrected chi connectivity index (χ3v) is 11.3. The molecule has 0 bridgehead atoms. The first-order valence-corrected chi connectivity index (χ1v) is 15.1. The highest BCUT2D eigenvalue weighted by Gasteiger charge is 2.42. The van der Waals surface area contributed by atoms with Gasteiger partial charge in [0.05, 0.1) is 33.0 Å². The summed E-state index contributed by atoms with van der Waals surface area (Å²) in [5.41, 5.74) is 0.920. The zero-order chi connectivity index (χ0) is 27.5. The molecule has 0 amide bonds. The molecular formula is C28H43NO6Si. The van der Waals surface area contributed by atoms with Gasteiger partial charge in [0.25, 0.3) is 8.32 Å². The fraction of sp³-hybridized carbons (Fsp3) is 0.536. The number of ether oxygens (including phenoxy) is 3. The van der Waals surface area contributed by atoms with Crippen molar-refractivity contribution in [2.24, 2.45) is 0 Å². The number of methoxy groups -OCH3 is 3. The maximum absolute atomic E-state index is 13.3. The second kappa shape index (κ2) is 11.2. The Bertz CT molecular complexity index is 1040. The molecule has 2 N–H and O–H groups in total. The topological polar surface area (TPSA) is 86.3 Å². The van der Waals surface area contributed by atoms with Crippen LogP contribution in [0.15, 0.2) is 36.4 Å². The van der Waals surface area contributed by atoms with E-state index in [1.165, 1.54) is 7.11 Å². The molecule has 0 aliphatic heterocycles. The Balaban J connectivity index is 2.82. The lowest BCUT2D eigenvalue weighted by molar-refractivity contribution is -0.144. The lowest BCUT2D eigenvalue weighted by Crippen LogP contribution is -2.46. The third-order valence-electron chi connectivity index (χ3n) is 6.97. The molecule has 0 radical (unpaired) electrons. The number of aliphatic hydroxyl groups is 1. The van der Waals surface area contributed by atoms with Gasteiger partial charge in [-0.15, -0.1) is 0 Å². The molecule has 0 unspecified atom stereocenters. The minimum Gasteiger partial charge on any atom is -0.541 e. The van der Waals surface area contributed by atoms with E-state index in [-0.39, 0.29) is 5.04 Å². The van der Waals surface area contributed by atoms with Crippen molar-refractivity contribution in [3.05, 3.63) is 53.1 Å². The summed E-state index contributed by atoms with van der Waals surface area (Å²) in [7, 11) is 2.14. The van der Waals surface area contributed by atoms with E-state index in [2.05, 4.69) is 39.2 Å². The summed E-state index contributed by atoms with van der Waals surface area (Å²) < 4.78 is 23.5. The SMILES string of the molecule is COC(=O)[C@H](N[C@H](c1ccccc1)C(C)(C)O)c1cc(OC)c(C)c(OC)c1O[Si](C)(C)C(C)(C)C. The van der Waals surface area contributed by atoms with Crippen LogP contribution in [0.5, 0.6) is 17.2 Å². The molecule has 0 saturated carbocycles. The van der Waals surface area contributed by atoms with Crippen LogP contribution >= 0.6 is 0 Å². The van der Waals surface area contributed by atoms with Gasteiger partial charge in [-0.2, -0.15) is 0 Å². The standard InChI is InChI=1S/C28H43NO6Si/c1-18-21(32-7)17-20(24(23(18)33-8)35-36(10,11)27(2,3)4)22(26(30)34-9)29-25(28(5,6)31)19-15-13-12-14-16-19/h12-17,22,25,29,31H,1-11H3/t22-,25-/m1/s1. The number of carbonyl (C=O) groups excluding carboxylic acids is 1. The van der Waals surface area contributed by atoms with Gasteiger partial charge in [0.1, 0.15) is 11.8 Å². The van der Waals surface area contributed by atoms with Gasteiger partial charge in [0, 0.05) is 11.1 Å². The van der Waals surface area contributed by atoms with Crippen molar-refractivity contribution < 1.29 is 28.5 Å². The molecule has 0 fully saturated rings. The van der Waals surface area contributed by atoms with Crippen LogP contribution in [-0.4, -0.2) is 46.3 Å². The maximum Gasteiger partial charge on any atom is 0.327 e. The molecule has 0 saturated heterocycles. The van der Waals surface area contributed by atoms with E-state index in [1.807, 2.05) is 37.3 Å². The number of rotatable bonds is 10. The Kier molecular flexibility index (Phi) is 9.26. The second-order valence-corrected chi connectivity index (χ2v) is 15.9. The van der Waals surface area contributed by atoms with Gasteiger partial charge in [0.15, 0.2) is 11.5 Å². The van der Waals surface area contributed by atoms with Crippen LogP contribution in [0, 0.1) is 6.92 Å². The molecule has 0 heterocycles. The van der Waals surface area contributed by atoms with Gasteiger partial charge < -0.3 is 23.7 Å². The number of hydrogen-bond donors (Lipinski definition) is 2. The zero-order valence-electron chi connectivity index (χ0n) is 23.6. The summed E-state index contributed by atoms with van der Waals surface area (Å²) in [6.07, 6.45) is 0. The van der Waals surface area contributed by atoms with Crippen LogP contribution in [0.2, 0.25) is 18.1 Å². The minimum atomic E-state index is -2.36. The Hall–Kier alpha value is -2.55. The number of carbonyl (C=O) groups is 1. The van der Waals surface area contributed by atoms with Gasteiger partial charge in [-0.1, -0.05) is 51.1 Å². The smallest absolute Gasteiger partial charge is 0.327 e. The van der Waals surface area contributed by atoms with E-state index < -0.39 is 32.0 Å². The number of benzene rings is 2. The molecule has 0 spiro atoms. The van der Waals surface area contributed by atoms with Crippen molar-refractivity contribution in [1.82, 2.24) is 5.32 Å². The zero-order valence-corrected chi connectivity index (χ0v) is 24.6. The lowest BCUT2D eigenvalue weighted by atomic mass is 9.90. The number of nitrogens with one attached hydrogen (secondary N) is 1. The second-order valence-electron chi connectivity index (χ2n) is 11.1. The van der Waals surface area contributed by atoms with E-state index in [4.69, 9.17) is 18.6 Å². The van der Waals surface area contributed by atoms with E-state index in [9.17, 15) is 9.90 Å². The molecule has 8 heteroatoms. The van der Waals surface area contributed by atoms with Crippen molar-refractivity contribution in [1.29, 1.82) is 0 Å². The van der Waals surface area contributed by atoms with Crippen molar-refractivity contribution in [2.45, 2.75) is 77.4 Å². The molecule has 200 valence electrons. The number of hydrogen-bond acceptors (Lipinski definition) is 7. The van der Waals surface area contributed by atoms with Crippen LogP contribution in [0.1, 0.15) is 63.4 Å². The summed E-state index contributed by atoms with van der Waals surface area (Å²) in [5, 5.41) is 14.4. The molecule has 2 aromatic carbocycles. The molecule has 2 rings (SSSR count). The highest BCUT2D eigenvalue weighted by molar-refractivity contribution is 6.74. The van der Waals surface area contributed by atoms with Crippen LogP contribution in [-0.2, 0) is 9.53 Å². The van der Waals surface area contributed by atoms with Crippen molar-refractivity contribution >= 4 is 14.3 Å². The van der Waals surface area contributed by atoms with Gasteiger partial charge >= 0.3 is 5.97 Å². The third kappa shape index (κ3) is 6.41. The predicted molar refractivity (Wildman–Crippen MR) is 145 cm³/mol. The molecule has 2 aromatic rings. The van der Waals surface area contributed by atoms with Gasteiger partial charge in [-0.25, -0.2) is 4.79 Å². The summed E-state index contributed by atoms with van der Waals surface area (Å²) in [6, 6.07) is 9.74. The Labute approximate surface area is 217 Å². The molecule has 7 nitrogen and oxygen atoms in total. The van der Waals surface area contributed by atoms with E-state index >= 15 is 0 Å². The first-order valence-electron chi connectivity index (χ1n) is 12.1. The highest BCUT2D eigenvalue weighted by Crippen LogP contribution is 2.47.